The van der Waals surface area contributed by atoms with E-state index in [-0.39, 0.29) is 5.91 Å². The molecule has 0 spiro atoms. The van der Waals surface area contributed by atoms with E-state index in [0.29, 0.717) is 31.5 Å². The van der Waals surface area contributed by atoms with Gasteiger partial charge in [0.1, 0.15) is 6.04 Å². The van der Waals surface area contributed by atoms with Gasteiger partial charge in [-0.05, 0) is 43.9 Å². The van der Waals surface area contributed by atoms with Crippen molar-refractivity contribution in [3.8, 4) is 0 Å². The minimum Gasteiger partial charge on any atom is -0.480 e. The average Bonchev–Trinajstić information content (AvgIpc) is 2.47. The number of aliphatic carboxylic acids is 1. The lowest BCUT2D eigenvalue weighted by Crippen LogP contribution is -2.48. The molecule has 1 aromatic rings. The summed E-state index contributed by atoms with van der Waals surface area (Å²) in [5.41, 5.74) is 7.02. The Morgan fingerprint density at radius 2 is 2.05 bits per heavy atom. The molecule has 1 aliphatic heterocycles. The molecular weight excluding hydrogens is 256 g/mol. The smallest absolute Gasteiger partial charge is 0.326 e. The Kier molecular flexibility index (Phi) is 4.74. The Morgan fingerprint density at radius 1 is 1.30 bits per heavy atom. The molecule has 1 fully saturated rings. The molecule has 0 bridgehead atoms. The highest BCUT2D eigenvalue weighted by molar-refractivity contribution is 5.98. The van der Waals surface area contributed by atoms with E-state index in [1.807, 2.05) is 12.1 Å². The second kappa shape index (κ2) is 6.52. The normalized spacial score (nSPS) is 18.9. The summed E-state index contributed by atoms with van der Waals surface area (Å²) in [5.74, 6) is -1.12. The summed E-state index contributed by atoms with van der Waals surface area (Å²) in [6.45, 7) is 0.972. The third-order valence-electron chi connectivity index (χ3n) is 3.71. The molecule has 5 heteroatoms. The van der Waals surface area contributed by atoms with Gasteiger partial charge in [0.25, 0.3) is 5.91 Å². The Balaban J connectivity index is 2.27. The molecule has 1 aliphatic rings. The second-order valence-electron chi connectivity index (χ2n) is 5.04. The lowest BCUT2D eigenvalue weighted by atomic mass is 9.98. The lowest BCUT2D eigenvalue weighted by Gasteiger charge is -2.33. The van der Waals surface area contributed by atoms with Gasteiger partial charge < -0.3 is 15.7 Å². The second-order valence-corrected chi connectivity index (χ2v) is 5.04. The Labute approximate surface area is 118 Å². The highest BCUT2D eigenvalue weighted by Gasteiger charge is 2.32. The van der Waals surface area contributed by atoms with Crippen LogP contribution in [0.5, 0.6) is 0 Å². The molecule has 5 nitrogen and oxygen atoms in total. The number of carboxylic acid groups (broad SMARTS) is 1. The van der Waals surface area contributed by atoms with Crippen LogP contribution in [0, 0.1) is 0 Å². The van der Waals surface area contributed by atoms with Crippen molar-refractivity contribution in [3.05, 3.63) is 35.4 Å². The molecule has 1 heterocycles. The topological polar surface area (TPSA) is 83.6 Å². The number of benzene rings is 1. The first kappa shape index (κ1) is 14.5. The molecule has 0 saturated carbocycles. The monoisotopic (exact) mass is 276 g/mol. The Hall–Kier alpha value is -1.88. The van der Waals surface area contributed by atoms with Gasteiger partial charge in [0, 0.05) is 12.1 Å². The van der Waals surface area contributed by atoms with Crippen molar-refractivity contribution in [2.75, 3.05) is 13.1 Å². The molecule has 3 N–H and O–H groups in total. The van der Waals surface area contributed by atoms with Crippen LogP contribution in [-0.2, 0) is 11.2 Å². The highest BCUT2D eigenvalue weighted by Crippen LogP contribution is 2.21. The first-order valence-corrected chi connectivity index (χ1v) is 6.97. The molecule has 0 unspecified atom stereocenters. The lowest BCUT2D eigenvalue weighted by molar-refractivity contribution is -0.143. The number of carboxylic acids is 1. The summed E-state index contributed by atoms with van der Waals surface area (Å²) in [5, 5.41) is 9.26. The molecule has 1 amide bonds. The fourth-order valence-electron chi connectivity index (χ4n) is 2.69. The predicted octanol–water partition coefficient (Wildman–Crippen LogP) is 1.27. The van der Waals surface area contributed by atoms with Crippen molar-refractivity contribution in [3.63, 3.8) is 0 Å². The third kappa shape index (κ3) is 2.99. The quantitative estimate of drug-likeness (QED) is 0.867. The van der Waals surface area contributed by atoms with Gasteiger partial charge in [-0.3, -0.25) is 4.79 Å². The fraction of sp³-hybridized carbons (Fsp3) is 0.467. The van der Waals surface area contributed by atoms with Gasteiger partial charge in [-0.2, -0.15) is 0 Å². The number of piperidine rings is 1. The number of likely N-dealkylation sites (tertiary alicyclic amines) is 1. The Bertz CT molecular complexity index is 502. The van der Waals surface area contributed by atoms with Crippen LogP contribution in [0.3, 0.4) is 0 Å². The van der Waals surface area contributed by atoms with Crippen LogP contribution in [0.25, 0.3) is 0 Å². The van der Waals surface area contributed by atoms with E-state index in [9.17, 15) is 14.7 Å². The average molecular weight is 276 g/mol. The molecule has 20 heavy (non-hydrogen) atoms. The van der Waals surface area contributed by atoms with Gasteiger partial charge in [-0.1, -0.05) is 18.2 Å². The summed E-state index contributed by atoms with van der Waals surface area (Å²) in [6.07, 6.45) is 2.85. The molecule has 2 rings (SSSR count). The zero-order chi connectivity index (χ0) is 14.5. The number of carbonyl (C=O) groups excluding carboxylic acids is 1. The van der Waals surface area contributed by atoms with Crippen LogP contribution < -0.4 is 5.73 Å². The van der Waals surface area contributed by atoms with Crippen LogP contribution >= 0.6 is 0 Å². The van der Waals surface area contributed by atoms with Crippen molar-refractivity contribution in [1.82, 2.24) is 4.90 Å². The van der Waals surface area contributed by atoms with Crippen molar-refractivity contribution in [2.45, 2.75) is 31.7 Å². The van der Waals surface area contributed by atoms with Crippen LogP contribution in [0.1, 0.15) is 35.2 Å². The summed E-state index contributed by atoms with van der Waals surface area (Å²) in [7, 11) is 0. The first-order valence-electron chi connectivity index (χ1n) is 6.97. The number of rotatable bonds is 4. The number of amides is 1. The van der Waals surface area contributed by atoms with Crippen molar-refractivity contribution in [1.29, 1.82) is 0 Å². The maximum absolute atomic E-state index is 12.6. The van der Waals surface area contributed by atoms with Crippen LogP contribution in [0.4, 0.5) is 0 Å². The number of nitrogens with zero attached hydrogens (tertiary/aromatic N) is 1. The largest absolute Gasteiger partial charge is 0.480 e. The molecule has 1 aromatic carbocycles. The minimum absolute atomic E-state index is 0.193. The van der Waals surface area contributed by atoms with Gasteiger partial charge in [0.2, 0.25) is 0 Å². The van der Waals surface area contributed by atoms with Crippen LogP contribution in [0.15, 0.2) is 24.3 Å². The van der Waals surface area contributed by atoms with Crippen LogP contribution in [-0.4, -0.2) is 41.0 Å². The zero-order valence-electron chi connectivity index (χ0n) is 11.4. The summed E-state index contributed by atoms with van der Waals surface area (Å²) in [4.78, 5) is 25.4. The van der Waals surface area contributed by atoms with Crippen molar-refractivity contribution in [2.24, 2.45) is 5.73 Å². The number of hydrogen-bond donors (Lipinski definition) is 2. The maximum Gasteiger partial charge on any atom is 0.326 e. The molecule has 1 atom stereocenters. The fourth-order valence-corrected chi connectivity index (χ4v) is 2.69. The van der Waals surface area contributed by atoms with E-state index in [1.165, 1.54) is 4.90 Å². The third-order valence-corrected chi connectivity index (χ3v) is 3.71. The molecule has 0 aromatic heterocycles. The molecular formula is C15H20N2O3. The molecule has 1 saturated heterocycles. The van der Waals surface area contributed by atoms with Gasteiger partial charge in [0.15, 0.2) is 0 Å². The SMILES string of the molecule is NCCc1ccccc1C(=O)N1CCCC[C@H]1C(=O)O. The predicted molar refractivity (Wildman–Crippen MR) is 75.5 cm³/mol. The van der Waals surface area contributed by atoms with E-state index in [4.69, 9.17) is 5.73 Å². The van der Waals surface area contributed by atoms with E-state index >= 15 is 0 Å². The molecule has 0 aliphatic carbocycles. The van der Waals surface area contributed by atoms with Gasteiger partial charge >= 0.3 is 5.97 Å². The van der Waals surface area contributed by atoms with E-state index in [0.717, 1.165) is 18.4 Å². The molecule has 108 valence electrons. The van der Waals surface area contributed by atoms with E-state index in [2.05, 4.69) is 0 Å². The summed E-state index contributed by atoms with van der Waals surface area (Å²) < 4.78 is 0. The summed E-state index contributed by atoms with van der Waals surface area (Å²) in [6, 6.07) is 6.59. The van der Waals surface area contributed by atoms with Gasteiger partial charge in [-0.25, -0.2) is 4.79 Å². The van der Waals surface area contributed by atoms with Gasteiger partial charge in [0.05, 0.1) is 0 Å². The Morgan fingerprint density at radius 3 is 2.75 bits per heavy atom. The standard InChI is InChI=1S/C15H20N2O3/c16-9-8-11-5-1-2-6-12(11)14(18)17-10-4-3-7-13(17)15(19)20/h1-2,5-6,13H,3-4,7-10,16H2,(H,19,20)/t13-/m0/s1. The summed E-state index contributed by atoms with van der Waals surface area (Å²) >= 11 is 0. The zero-order valence-corrected chi connectivity index (χ0v) is 11.4. The van der Waals surface area contributed by atoms with Crippen molar-refractivity contribution >= 4 is 11.9 Å². The van der Waals surface area contributed by atoms with E-state index < -0.39 is 12.0 Å². The number of nitrogens with two attached hydrogens (primary N) is 1. The number of carbonyl (C=O) groups is 2. The van der Waals surface area contributed by atoms with E-state index in [1.54, 1.807) is 12.1 Å². The van der Waals surface area contributed by atoms with Crippen LogP contribution in [0.2, 0.25) is 0 Å². The highest BCUT2D eigenvalue weighted by atomic mass is 16.4. The molecule has 0 radical (unpaired) electrons. The maximum atomic E-state index is 12.6. The number of hydrogen-bond acceptors (Lipinski definition) is 3. The first-order chi connectivity index (χ1) is 9.65. The minimum atomic E-state index is -0.922. The van der Waals surface area contributed by atoms with Crippen molar-refractivity contribution < 1.29 is 14.7 Å². The van der Waals surface area contributed by atoms with Gasteiger partial charge in [-0.15, -0.1) is 0 Å².